The molecule has 1 aromatic rings. The van der Waals surface area contributed by atoms with Crippen LogP contribution in [0.5, 0.6) is 0 Å². The quantitative estimate of drug-likeness (QED) is 0.703. The fourth-order valence-electron chi connectivity index (χ4n) is 3.28. The van der Waals surface area contributed by atoms with E-state index in [1.54, 1.807) is 29.2 Å². The van der Waals surface area contributed by atoms with Crippen LogP contribution in [0.25, 0.3) is 0 Å². The lowest BCUT2D eigenvalue weighted by atomic mass is 9.91. The van der Waals surface area contributed by atoms with Crippen molar-refractivity contribution >= 4 is 23.4 Å². The topological polar surface area (TPSA) is 98.7 Å². The van der Waals surface area contributed by atoms with Gasteiger partial charge in [-0.05, 0) is 37.3 Å². The average molecular weight is 361 g/mol. The molecular formula is C19H27N3O4. The van der Waals surface area contributed by atoms with Crippen molar-refractivity contribution in [1.82, 2.24) is 10.2 Å². The van der Waals surface area contributed by atoms with E-state index in [9.17, 15) is 19.5 Å². The maximum Gasteiger partial charge on any atom is 0.313 e. The molecule has 0 radical (unpaired) electrons. The van der Waals surface area contributed by atoms with Crippen LogP contribution in [-0.2, 0) is 9.59 Å². The molecule has 7 heteroatoms. The molecule has 3 atom stereocenters. The van der Waals surface area contributed by atoms with Gasteiger partial charge in [-0.1, -0.05) is 26.0 Å². The fourth-order valence-corrected chi connectivity index (χ4v) is 3.28. The van der Waals surface area contributed by atoms with E-state index in [4.69, 9.17) is 0 Å². The molecule has 1 aliphatic rings. The molecule has 0 spiro atoms. The van der Waals surface area contributed by atoms with E-state index < -0.39 is 17.9 Å². The van der Waals surface area contributed by atoms with Gasteiger partial charge in [-0.3, -0.25) is 14.4 Å². The van der Waals surface area contributed by atoms with Gasteiger partial charge in [-0.25, -0.2) is 0 Å². The first-order valence-electron chi connectivity index (χ1n) is 8.93. The van der Waals surface area contributed by atoms with Gasteiger partial charge in [-0.15, -0.1) is 0 Å². The Balaban J connectivity index is 2.10. The van der Waals surface area contributed by atoms with Crippen molar-refractivity contribution in [1.29, 1.82) is 0 Å². The van der Waals surface area contributed by atoms with Crippen LogP contribution in [0.3, 0.4) is 0 Å². The number of benzene rings is 1. The second-order valence-corrected chi connectivity index (χ2v) is 7.21. The normalized spacial score (nSPS) is 21.0. The monoisotopic (exact) mass is 361 g/mol. The van der Waals surface area contributed by atoms with Gasteiger partial charge in [0.05, 0.1) is 17.4 Å². The van der Waals surface area contributed by atoms with Crippen LogP contribution in [0.4, 0.5) is 5.69 Å². The van der Waals surface area contributed by atoms with Crippen LogP contribution in [0, 0.1) is 11.8 Å². The van der Waals surface area contributed by atoms with Crippen molar-refractivity contribution in [3.8, 4) is 0 Å². The second-order valence-electron chi connectivity index (χ2n) is 7.21. The average Bonchev–Trinajstić information content (AvgIpc) is 2.58. The van der Waals surface area contributed by atoms with E-state index in [1.807, 2.05) is 0 Å². The predicted molar refractivity (Wildman–Crippen MR) is 98.6 cm³/mol. The maximum absolute atomic E-state index is 12.9. The highest BCUT2D eigenvalue weighted by Gasteiger charge is 2.28. The van der Waals surface area contributed by atoms with Gasteiger partial charge in [0.2, 0.25) is 0 Å². The number of anilines is 1. The Morgan fingerprint density at radius 3 is 2.38 bits per heavy atom. The molecule has 0 aliphatic carbocycles. The standard InChI is InChI=1S/C19H27N3O4/c1-12-8-13(2)11-22(10-12)19(26)15-6-4-5-7-16(15)21-18(25)17(24)20-9-14(3)23/h4-7,12-14,23H,8-11H2,1-3H3,(H,20,24)(H,21,25)/t12-,13-,14+/m1/s1. The number of nitrogens with zero attached hydrogens (tertiary/aromatic N) is 1. The number of hydrogen-bond donors (Lipinski definition) is 3. The lowest BCUT2D eigenvalue weighted by molar-refractivity contribution is -0.136. The zero-order chi connectivity index (χ0) is 19.3. The highest BCUT2D eigenvalue weighted by Crippen LogP contribution is 2.24. The number of piperidine rings is 1. The third-order valence-corrected chi connectivity index (χ3v) is 4.33. The molecule has 7 nitrogen and oxygen atoms in total. The van der Waals surface area contributed by atoms with Crippen LogP contribution in [-0.4, -0.2) is 53.5 Å². The summed E-state index contributed by atoms with van der Waals surface area (Å²) in [6.07, 6.45) is 0.342. The number of aliphatic hydroxyl groups excluding tert-OH is 1. The summed E-state index contributed by atoms with van der Waals surface area (Å²) < 4.78 is 0. The molecule has 1 aromatic carbocycles. The first-order valence-corrected chi connectivity index (χ1v) is 8.93. The Labute approximate surface area is 153 Å². The summed E-state index contributed by atoms with van der Waals surface area (Å²) >= 11 is 0. The van der Waals surface area contributed by atoms with Crippen LogP contribution >= 0.6 is 0 Å². The molecule has 1 fully saturated rings. The minimum absolute atomic E-state index is 0.0175. The van der Waals surface area contributed by atoms with Gasteiger partial charge in [0.1, 0.15) is 0 Å². The zero-order valence-electron chi connectivity index (χ0n) is 15.5. The summed E-state index contributed by atoms with van der Waals surface area (Å²) in [5.74, 6) is -1.02. The summed E-state index contributed by atoms with van der Waals surface area (Å²) in [6, 6.07) is 6.67. The number of carbonyl (C=O) groups is 3. The number of hydrogen-bond acceptors (Lipinski definition) is 4. The van der Waals surface area contributed by atoms with Gasteiger partial charge in [0.15, 0.2) is 0 Å². The Morgan fingerprint density at radius 2 is 1.77 bits per heavy atom. The number of nitrogens with one attached hydrogen (secondary N) is 2. The van der Waals surface area contributed by atoms with Crippen LogP contribution in [0.2, 0.25) is 0 Å². The SMILES string of the molecule is C[C@@H]1C[C@@H](C)CN(C(=O)c2ccccc2NC(=O)C(=O)NC[C@H](C)O)C1. The fraction of sp³-hybridized carbons (Fsp3) is 0.526. The van der Waals surface area contributed by atoms with Crippen LogP contribution in [0.1, 0.15) is 37.6 Å². The molecule has 0 saturated carbocycles. The van der Waals surface area contributed by atoms with Gasteiger partial charge < -0.3 is 20.6 Å². The first kappa shape index (κ1) is 19.9. The van der Waals surface area contributed by atoms with Crippen LogP contribution in [0.15, 0.2) is 24.3 Å². The molecule has 142 valence electrons. The van der Waals surface area contributed by atoms with E-state index in [2.05, 4.69) is 24.5 Å². The van der Waals surface area contributed by atoms with E-state index in [-0.39, 0.29) is 12.5 Å². The summed E-state index contributed by atoms with van der Waals surface area (Å²) in [5.41, 5.74) is 0.672. The van der Waals surface area contributed by atoms with E-state index in [0.717, 1.165) is 6.42 Å². The lowest BCUT2D eigenvalue weighted by Crippen LogP contribution is -2.43. The minimum Gasteiger partial charge on any atom is -0.392 e. The van der Waals surface area contributed by atoms with Gasteiger partial charge in [-0.2, -0.15) is 0 Å². The molecule has 2 rings (SSSR count). The summed E-state index contributed by atoms with van der Waals surface area (Å²) in [6.45, 7) is 7.09. The number of likely N-dealkylation sites (tertiary alicyclic amines) is 1. The van der Waals surface area contributed by atoms with Crippen molar-refractivity contribution in [3.05, 3.63) is 29.8 Å². The van der Waals surface area contributed by atoms with Crippen molar-refractivity contribution in [2.45, 2.75) is 33.3 Å². The molecule has 26 heavy (non-hydrogen) atoms. The summed E-state index contributed by atoms with van der Waals surface area (Å²) in [5, 5.41) is 14.0. The van der Waals surface area contributed by atoms with Gasteiger partial charge >= 0.3 is 11.8 Å². The molecule has 3 N–H and O–H groups in total. The Morgan fingerprint density at radius 1 is 1.15 bits per heavy atom. The largest absolute Gasteiger partial charge is 0.392 e. The minimum atomic E-state index is -0.869. The van der Waals surface area contributed by atoms with E-state index in [0.29, 0.717) is 36.2 Å². The molecule has 0 bridgehead atoms. The number of carbonyl (C=O) groups excluding carboxylic acids is 3. The van der Waals surface area contributed by atoms with Crippen molar-refractivity contribution in [2.24, 2.45) is 11.8 Å². The Hall–Kier alpha value is -2.41. The van der Waals surface area contributed by atoms with Gasteiger partial charge in [0.25, 0.3) is 5.91 Å². The molecule has 3 amide bonds. The number of rotatable bonds is 4. The highest BCUT2D eigenvalue weighted by molar-refractivity contribution is 6.40. The van der Waals surface area contributed by atoms with E-state index in [1.165, 1.54) is 6.92 Å². The third kappa shape index (κ3) is 5.29. The number of aliphatic hydroxyl groups is 1. The van der Waals surface area contributed by atoms with Crippen molar-refractivity contribution in [2.75, 3.05) is 25.0 Å². The molecule has 1 heterocycles. The van der Waals surface area contributed by atoms with Crippen LogP contribution < -0.4 is 10.6 Å². The second kappa shape index (κ2) is 8.80. The molecular weight excluding hydrogens is 334 g/mol. The number of para-hydroxylation sites is 1. The highest BCUT2D eigenvalue weighted by atomic mass is 16.3. The van der Waals surface area contributed by atoms with Crippen molar-refractivity contribution < 1.29 is 19.5 Å². The molecule has 1 saturated heterocycles. The maximum atomic E-state index is 12.9. The third-order valence-electron chi connectivity index (χ3n) is 4.33. The molecule has 1 aliphatic heterocycles. The first-order chi connectivity index (χ1) is 12.3. The van der Waals surface area contributed by atoms with E-state index >= 15 is 0 Å². The molecule has 0 aromatic heterocycles. The summed E-state index contributed by atoms with van der Waals surface area (Å²) in [7, 11) is 0. The Kier molecular flexibility index (Phi) is 6.74. The smallest absolute Gasteiger partial charge is 0.313 e. The van der Waals surface area contributed by atoms with Crippen molar-refractivity contribution in [3.63, 3.8) is 0 Å². The predicted octanol–water partition coefficient (Wildman–Crippen LogP) is 1.24. The lowest BCUT2D eigenvalue weighted by Gasteiger charge is -2.35. The summed E-state index contributed by atoms with van der Waals surface area (Å²) in [4.78, 5) is 38.6. The number of amides is 3. The molecule has 0 unspecified atom stereocenters. The van der Waals surface area contributed by atoms with Gasteiger partial charge in [0, 0.05) is 19.6 Å². The Bertz CT molecular complexity index is 665. The zero-order valence-corrected chi connectivity index (χ0v) is 15.5.